The molecule has 0 saturated heterocycles. The van der Waals surface area contributed by atoms with Crippen LogP contribution >= 0.6 is 11.6 Å². The summed E-state index contributed by atoms with van der Waals surface area (Å²) in [6.07, 6.45) is 0. The highest BCUT2D eigenvalue weighted by Gasteiger charge is 2.08. The van der Waals surface area contributed by atoms with Crippen molar-refractivity contribution in [3.8, 4) is 5.75 Å². The molecule has 0 bridgehead atoms. The highest BCUT2D eigenvalue weighted by Crippen LogP contribution is 2.25. The predicted molar refractivity (Wildman–Crippen MR) is 72.7 cm³/mol. The van der Waals surface area contributed by atoms with Gasteiger partial charge in [0.05, 0.1) is 10.7 Å². The largest absolute Gasteiger partial charge is 0.486 e. The van der Waals surface area contributed by atoms with Crippen molar-refractivity contribution in [3.05, 3.63) is 61.6 Å². The van der Waals surface area contributed by atoms with Crippen LogP contribution in [0.4, 0.5) is 4.39 Å². The van der Waals surface area contributed by atoms with Gasteiger partial charge in [0.2, 0.25) is 0 Å². The van der Waals surface area contributed by atoms with Crippen LogP contribution in [-0.4, -0.2) is 9.13 Å². The lowest BCUT2D eigenvalue weighted by Crippen LogP contribution is -2.38. The average Bonchev–Trinajstić information content (AvgIpc) is 2.40. The number of halogens is 2. The molecular formula is C13H12ClFN2O3. The van der Waals surface area contributed by atoms with E-state index in [1.807, 2.05) is 0 Å². The molecule has 5 nitrogen and oxygen atoms in total. The summed E-state index contributed by atoms with van der Waals surface area (Å²) in [6, 6.07) is 5.03. The van der Waals surface area contributed by atoms with Crippen LogP contribution in [0.15, 0.2) is 33.9 Å². The lowest BCUT2D eigenvalue weighted by Gasteiger charge is -2.11. The first-order valence-corrected chi connectivity index (χ1v) is 6.11. The van der Waals surface area contributed by atoms with E-state index in [2.05, 4.69) is 0 Å². The number of hydrogen-bond acceptors (Lipinski definition) is 3. The molecule has 0 aliphatic rings. The third-order valence-electron chi connectivity index (χ3n) is 2.89. The zero-order valence-electron chi connectivity index (χ0n) is 10.9. The monoisotopic (exact) mass is 298 g/mol. The summed E-state index contributed by atoms with van der Waals surface area (Å²) in [7, 11) is 2.93. The van der Waals surface area contributed by atoms with Gasteiger partial charge in [-0.3, -0.25) is 13.9 Å². The van der Waals surface area contributed by atoms with Crippen LogP contribution in [0.2, 0.25) is 5.02 Å². The van der Waals surface area contributed by atoms with Gasteiger partial charge in [0.25, 0.3) is 5.56 Å². The molecule has 0 N–H and O–H groups in total. The van der Waals surface area contributed by atoms with Gasteiger partial charge in [-0.2, -0.15) is 0 Å². The molecule has 0 radical (unpaired) electrons. The van der Waals surface area contributed by atoms with Crippen LogP contribution in [0, 0.1) is 5.82 Å². The third-order valence-corrected chi connectivity index (χ3v) is 3.19. The summed E-state index contributed by atoms with van der Waals surface area (Å²) >= 11 is 5.82. The van der Waals surface area contributed by atoms with E-state index in [-0.39, 0.29) is 17.4 Å². The molecule has 0 atom stereocenters. The van der Waals surface area contributed by atoms with Crippen molar-refractivity contribution in [2.45, 2.75) is 6.61 Å². The van der Waals surface area contributed by atoms with Crippen LogP contribution in [0.1, 0.15) is 5.69 Å². The minimum atomic E-state index is -0.469. The standard InChI is InChI=1S/C13H12ClFN2O3/c1-16-9(6-12(18)17(2)13(16)19)7-20-11-4-3-8(15)5-10(11)14/h3-6H,7H2,1-2H3. The number of ether oxygens (including phenoxy) is 1. The van der Waals surface area contributed by atoms with Gasteiger partial charge in [0.15, 0.2) is 0 Å². The summed E-state index contributed by atoms with van der Waals surface area (Å²) in [5.41, 5.74) is -0.461. The van der Waals surface area contributed by atoms with Gasteiger partial charge in [-0.05, 0) is 18.2 Å². The number of benzene rings is 1. The summed E-state index contributed by atoms with van der Waals surface area (Å²) in [6.45, 7) is -0.0207. The Morgan fingerprint density at radius 2 is 1.90 bits per heavy atom. The van der Waals surface area contributed by atoms with Gasteiger partial charge in [-0.1, -0.05) is 11.6 Å². The van der Waals surface area contributed by atoms with E-state index in [1.165, 1.54) is 36.9 Å². The first-order valence-electron chi connectivity index (χ1n) is 5.74. The number of hydrogen-bond donors (Lipinski definition) is 0. The molecule has 0 fully saturated rings. The van der Waals surface area contributed by atoms with Crippen LogP contribution < -0.4 is 16.0 Å². The van der Waals surface area contributed by atoms with Crippen LogP contribution in [-0.2, 0) is 20.7 Å². The molecule has 1 aromatic heterocycles. The second kappa shape index (κ2) is 5.50. The molecule has 0 saturated carbocycles. The van der Waals surface area contributed by atoms with Crippen molar-refractivity contribution in [1.82, 2.24) is 9.13 Å². The molecule has 2 aromatic rings. The second-order valence-electron chi connectivity index (χ2n) is 4.24. The fraction of sp³-hybridized carbons (Fsp3) is 0.231. The third kappa shape index (κ3) is 2.75. The Kier molecular flexibility index (Phi) is 3.94. The van der Waals surface area contributed by atoms with Gasteiger partial charge in [0, 0.05) is 20.2 Å². The highest BCUT2D eigenvalue weighted by molar-refractivity contribution is 6.32. The number of nitrogens with zero attached hydrogens (tertiary/aromatic N) is 2. The Bertz CT molecular complexity index is 767. The Hall–Kier alpha value is -2.08. The Morgan fingerprint density at radius 1 is 1.20 bits per heavy atom. The minimum Gasteiger partial charge on any atom is -0.486 e. The summed E-state index contributed by atoms with van der Waals surface area (Å²) in [5, 5.41) is 0.124. The second-order valence-corrected chi connectivity index (χ2v) is 4.65. The quantitative estimate of drug-likeness (QED) is 0.862. The molecule has 1 aromatic carbocycles. The van der Waals surface area contributed by atoms with Crippen LogP contribution in [0.25, 0.3) is 0 Å². The fourth-order valence-corrected chi connectivity index (χ4v) is 1.88. The van der Waals surface area contributed by atoms with Crippen molar-refractivity contribution >= 4 is 11.6 Å². The van der Waals surface area contributed by atoms with Crippen molar-refractivity contribution in [1.29, 1.82) is 0 Å². The van der Waals surface area contributed by atoms with E-state index >= 15 is 0 Å². The minimum absolute atomic E-state index is 0.0207. The van der Waals surface area contributed by atoms with Gasteiger partial charge < -0.3 is 4.74 Å². The molecule has 20 heavy (non-hydrogen) atoms. The van der Waals surface area contributed by atoms with Crippen molar-refractivity contribution < 1.29 is 9.13 Å². The van der Waals surface area contributed by atoms with Gasteiger partial charge in [0.1, 0.15) is 18.2 Å². The maximum absolute atomic E-state index is 12.9. The summed E-state index contributed by atoms with van der Waals surface area (Å²) in [4.78, 5) is 23.3. The molecule has 0 unspecified atom stereocenters. The maximum atomic E-state index is 12.9. The normalized spacial score (nSPS) is 10.6. The Balaban J connectivity index is 2.28. The first-order chi connectivity index (χ1) is 9.40. The van der Waals surface area contributed by atoms with E-state index < -0.39 is 17.1 Å². The van der Waals surface area contributed by atoms with Crippen molar-refractivity contribution in [2.24, 2.45) is 14.1 Å². The highest BCUT2D eigenvalue weighted by atomic mass is 35.5. The van der Waals surface area contributed by atoms with Gasteiger partial charge >= 0.3 is 5.69 Å². The maximum Gasteiger partial charge on any atom is 0.330 e. The molecule has 0 amide bonds. The SMILES string of the molecule is Cn1c(COc2ccc(F)cc2Cl)cc(=O)n(C)c1=O. The lowest BCUT2D eigenvalue weighted by molar-refractivity contribution is 0.293. The lowest BCUT2D eigenvalue weighted by atomic mass is 10.3. The van der Waals surface area contributed by atoms with Crippen molar-refractivity contribution in [3.63, 3.8) is 0 Å². The van der Waals surface area contributed by atoms with E-state index in [0.29, 0.717) is 5.69 Å². The van der Waals surface area contributed by atoms with E-state index in [4.69, 9.17) is 16.3 Å². The predicted octanol–water partition coefficient (Wildman–Crippen LogP) is 1.46. The summed E-state index contributed by atoms with van der Waals surface area (Å²) in [5.74, 6) is -0.190. The number of rotatable bonds is 3. The van der Waals surface area contributed by atoms with E-state index in [9.17, 15) is 14.0 Å². The molecule has 1 heterocycles. The number of aromatic nitrogens is 2. The van der Waals surface area contributed by atoms with Crippen LogP contribution in [0.5, 0.6) is 5.75 Å². The zero-order chi connectivity index (χ0) is 14.9. The van der Waals surface area contributed by atoms with E-state index in [1.54, 1.807) is 0 Å². The molecule has 7 heteroatoms. The van der Waals surface area contributed by atoms with Gasteiger partial charge in [-0.15, -0.1) is 0 Å². The van der Waals surface area contributed by atoms with E-state index in [0.717, 1.165) is 10.6 Å². The summed E-state index contributed by atoms with van der Waals surface area (Å²) < 4.78 is 20.6. The molecular weight excluding hydrogens is 287 g/mol. The topological polar surface area (TPSA) is 53.2 Å². The first kappa shape index (κ1) is 14.3. The average molecular weight is 299 g/mol. The van der Waals surface area contributed by atoms with Crippen LogP contribution in [0.3, 0.4) is 0 Å². The molecule has 0 aliphatic heterocycles. The zero-order valence-corrected chi connectivity index (χ0v) is 11.6. The smallest absolute Gasteiger partial charge is 0.330 e. The van der Waals surface area contributed by atoms with Gasteiger partial charge in [-0.25, -0.2) is 9.18 Å². The van der Waals surface area contributed by atoms with Crippen molar-refractivity contribution in [2.75, 3.05) is 0 Å². The fourth-order valence-electron chi connectivity index (χ4n) is 1.66. The molecule has 106 valence electrons. The molecule has 2 rings (SSSR count). The Labute approximate surface area is 118 Å². The molecule has 0 spiro atoms. The Morgan fingerprint density at radius 3 is 2.55 bits per heavy atom. The molecule has 0 aliphatic carbocycles.